The summed E-state index contributed by atoms with van der Waals surface area (Å²) in [6.07, 6.45) is 7.68. The molecule has 1 N–H and O–H groups in total. The molecule has 1 saturated heterocycles. The van der Waals surface area contributed by atoms with Crippen molar-refractivity contribution in [3.8, 4) is 0 Å². The monoisotopic (exact) mass is 354 g/mol. The summed E-state index contributed by atoms with van der Waals surface area (Å²) in [7, 11) is 0. The van der Waals surface area contributed by atoms with Gasteiger partial charge in [-0.25, -0.2) is 9.67 Å². The number of nitrogens with zero attached hydrogens (tertiary/aromatic N) is 6. The summed E-state index contributed by atoms with van der Waals surface area (Å²) in [5.41, 5.74) is 2.91. The van der Waals surface area contributed by atoms with Crippen LogP contribution in [0, 0.1) is 6.92 Å². The standard InChI is InChI=1S/C19H26N6O/c1-14(2)25-12-17(21-22-25)19(26)7-4-8-23(13-19)10-16-11-24-9-15(3)5-6-18(24)20-16/h5-6,9,11-12,14,26H,4,7-8,10,13H2,1-3H3/t19-/m1/s1. The Bertz CT molecular complexity index is 914. The van der Waals surface area contributed by atoms with Crippen LogP contribution in [0.25, 0.3) is 5.65 Å². The van der Waals surface area contributed by atoms with Gasteiger partial charge in [0.1, 0.15) is 16.9 Å². The molecular formula is C19H26N6O. The van der Waals surface area contributed by atoms with Gasteiger partial charge in [-0.15, -0.1) is 5.10 Å². The third kappa shape index (κ3) is 3.24. The maximum Gasteiger partial charge on any atom is 0.137 e. The lowest BCUT2D eigenvalue weighted by molar-refractivity contribution is -0.0417. The van der Waals surface area contributed by atoms with Crippen LogP contribution in [-0.2, 0) is 12.1 Å². The summed E-state index contributed by atoms with van der Waals surface area (Å²) >= 11 is 0. The molecule has 1 aliphatic heterocycles. The topological polar surface area (TPSA) is 71.5 Å². The molecule has 7 nitrogen and oxygen atoms in total. The summed E-state index contributed by atoms with van der Waals surface area (Å²) in [4.78, 5) is 6.96. The van der Waals surface area contributed by atoms with E-state index >= 15 is 0 Å². The molecule has 26 heavy (non-hydrogen) atoms. The van der Waals surface area contributed by atoms with Gasteiger partial charge in [0, 0.05) is 31.5 Å². The third-order valence-electron chi connectivity index (χ3n) is 5.10. The zero-order valence-electron chi connectivity index (χ0n) is 15.6. The number of aryl methyl sites for hydroxylation is 1. The number of hydrogen-bond donors (Lipinski definition) is 1. The number of pyridine rings is 1. The first-order valence-electron chi connectivity index (χ1n) is 9.24. The van der Waals surface area contributed by atoms with Crippen LogP contribution in [0.15, 0.2) is 30.7 Å². The number of likely N-dealkylation sites (tertiary alicyclic amines) is 1. The van der Waals surface area contributed by atoms with E-state index in [4.69, 9.17) is 4.98 Å². The van der Waals surface area contributed by atoms with Crippen molar-refractivity contribution in [3.63, 3.8) is 0 Å². The Balaban J connectivity index is 1.51. The van der Waals surface area contributed by atoms with Crippen molar-refractivity contribution in [1.29, 1.82) is 0 Å². The molecule has 7 heteroatoms. The van der Waals surface area contributed by atoms with Gasteiger partial charge in [0.2, 0.25) is 0 Å². The minimum absolute atomic E-state index is 0.237. The van der Waals surface area contributed by atoms with E-state index in [0.29, 0.717) is 18.7 Å². The first-order valence-corrected chi connectivity index (χ1v) is 9.24. The highest BCUT2D eigenvalue weighted by molar-refractivity contribution is 5.41. The van der Waals surface area contributed by atoms with Gasteiger partial charge in [0.05, 0.1) is 11.9 Å². The van der Waals surface area contributed by atoms with Gasteiger partial charge in [-0.1, -0.05) is 11.3 Å². The van der Waals surface area contributed by atoms with Crippen LogP contribution in [0.2, 0.25) is 0 Å². The van der Waals surface area contributed by atoms with Gasteiger partial charge in [0.15, 0.2) is 0 Å². The number of β-amino-alcohol motifs (C(OH)–C–C–N with tert-alkyl or cyclic N) is 1. The van der Waals surface area contributed by atoms with Gasteiger partial charge in [-0.05, 0) is 51.8 Å². The predicted octanol–water partition coefficient (Wildman–Crippen LogP) is 2.30. The molecular weight excluding hydrogens is 328 g/mol. The molecule has 1 atom stereocenters. The summed E-state index contributed by atoms with van der Waals surface area (Å²) in [6.45, 7) is 8.42. The molecule has 0 amide bonds. The quantitative estimate of drug-likeness (QED) is 0.778. The number of aromatic nitrogens is 5. The smallest absolute Gasteiger partial charge is 0.137 e. The van der Waals surface area contributed by atoms with Crippen molar-refractivity contribution in [2.45, 2.75) is 51.8 Å². The fourth-order valence-electron chi connectivity index (χ4n) is 3.67. The first kappa shape index (κ1) is 17.2. The highest BCUT2D eigenvalue weighted by Gasteiger charge is 2.37. The highest BCUT2D eigenvalue weighted by atomic mass is 16.3. The molecule has 0 bridgehead atoms. The summed E-state index contributed by atoms with van der Waals surface area (Å²) in [5, 5.41) is 19.6. The molecule has 1 fully saturated rings. The first-order chi connectivity index (χ1) is 12.4. The van der Waals surface area contributed by atoms with Gasteiger partial charge in [0.25, 0.3) is 0 Å². The average molecular weight is 354 g/mol. The Hall–Kier alpha value is -2.25. The molecule has 1 aliphatic rings. The lowest BCUT2D eigenvalue weighted by Crippen LogP contribution is -2.46. The maximum absolute atomic E-state index is 11.2. The summed E-state index contributed by atoms with van der Waals surface area (Å²) in [5.74, 6) is 0. The van der Waals surface area contributed by atoms with E-state index in [1.165, 1.54) is 5.56 Å². The second-order valence-electron chi connectivity index (χ2n) is 7.73. The Morgan fingerprint density at radius 1 is 1.23 bits per heavy atom. The van der Waals surface area contributed by atoms with Crippen molar-refractivity contribution >= 4 is 5.65 Å². The minimum Gasteiger partial charge on any atom is -0.382 e. The van der Waals surface area contributed by atoms with E-state index in [2.05, 4.69) is 58.8 Å². The predicted molar refractivity (Wildman–Crippen MR) is 98.7 cm³/mol. The van der Waals surface area contributed by atoms with Crippen LogP contribution in [-0.4, -0.2) is 47.5 Å². The molecule has 3 aromatic heterocycles. The van der Waals surface area contributed by atoms with Crippen LogP contribution >= 0.6 is 0 Å². The number of rotatable bonds is 4. The van der Waals surface area contributed by atoms with Gasteiger partial charge >= 0.3 is 0 Å². The van der Waals surface area contributed by atoms with E-state index in [-0.39, 0.29) is 6.04 Å². The Morgan fingerprint density at radius 3 is 2.85 bits per heavy atom. The van der Waals surface area contributed by atoms with Crippen molar-refractivity contribution in [2.75, 3.05) is 13.1 Å². The SMILES string of the molecule is Cc1ccc2nc(CN3CCC[C@](O)(c4cn(C(C)C)nn4)C3)cn2c1. The van der Waals surface area contributed by atoms with Crippen molar-refractivity contribution in [3.05, 3.63) is 47.7 Å². The summed E-state index contributed by atoms with van der Waals surface area (Å²) in [6, 6.07) is 4.35. The lowest BCUT2D eigenvalue weighted by Gasteiger charge is -2.37. The number of fused-ring (bicyclic) bond motifs is 1. The summed E-state index contributed by atoms with van der Waals surface area (Å²) < 4.78 is 3.87. The van der Waals surface area contributed by atoms with E-state index < -0.39 is 5.60 Å². The van der Waals surface area contributed by atoms with Gasteiger partial charge < -0.3 is 9.51 Å². The number of aliphatic hydroxyl groups is 1. The molecule has 0 spiro atoms. The Kier molecular flexibility index (Phi) is 4.28. The van der Waals surface area contributed by atoms with E-state index in [9.17, 15) is 5.11 Å². The van der Waals surface area contributed by atoms with E-state index in [1.54, 1.807) is 4.68 Å². The normalized spacial score (nSPS) is 21.7. The molecule has 4 rings (SSSR count). The van der Waals surface area contributed by atoms with Crippen molar-refractivity contribution in [2.24, 2.45) is 0 Å². The van der Waals surface area contributed by atoms with E-state index in [0.717, 1.165) is 30.9 Å². The van der Waals surface area contributed by atoms with Crippen LogP contribution in [0.3, 0.4) is 0 Å². The molecule has 0 saturated carbocycles. The zero-order valence-corrected chi connectivity index (χ0v) is 15.6. The van der Waals surface area contributed by atoms with E-state index in [1.807, 2.05) is 12.3 Å². The Labute approximate surface area is 153 Å². The molecule has 4 heterocycles. The largest absolute Gasteiger partial charge is 0.382 e. The highest BCUT2D eigenvalue weighted by Crippen LogP contribution is 2.31. The molecule has 3 aromatic rings. The van der Waals surface area contributed by atoms with Crippen LogP contribution in [0.5, 0.6) is 0 Å². The zero-order chi connectivity index (χ0) is 18.3. The fourth-order valence-corrected chi connectivity index (χ4v) is 3.67. The third-order valence-corrected chi connectivity index (χ3v) is 5.10. The van der Waals surface area contributed by atoms with Crippen LogP contribution in [0.4, 0.5) is 0 Å². The van der Waals surface area contributed by atoms with Crippen LogP contribution in [0.1, 0.15) is 49.7 Å². The van der Waals surface area contributed by atoms with Gasteiger partial charge in [-0.2, -0.15) is 0 Å². The second-order valence-corrected chi connectivity index (χ2v) is 7.73. The molecule has 138 valence electrons. The molecule has 0 unspecified atom stereocenters. The van der Waals surface area contributed by atoms with Crippen LogP contribution < -0.4 is 0 Å². The number of piperidine rings is 1. The molecule has 0 aliphatic carbocycles. The number of imidazole rings is 1. The second kappa shape index (κ2) is 6.48. The molecule has 0 aromatic carbocycles. The minimum atomic E-state index is -0.943. The Morgan fingerprint density at radius 2 is 2.08 bits per heavy atom. The van der Waals surface area contributed by atoms with Crippen molar-refractivity contribution in [1.82, 2.24) is 29.3 Å². The average Bonchev–Trinajstić information content (AvgIpc) is 3.21. The maximum atomic E-state index is 11.2. The van der Waals surface area contributed by atoms with Crippen molar-refractivity contribution < 1.29 is 5.11 Å². The number of hydrogen-bond acceptors (Lipinski definition) is 5. The lowest BCUT2D eigenvalue weighted by atomic mass is 9.90. The fraction of sp³-hybridized carbons (Fsp3) is 0.526. The van der Waals surface area contributed by atoms with Gasteiger partial charge in [-0.3, -0.25) is 4.90 Å². The molecule has 0 radical (unpaired) electrons.